The molecule has 0 aliphatic heterocycles. The predicted octanol–water partition coefficient (Wildman–Crippen LogP) is 3.95. The van der Waals surface area contributed by atoms with Crippen molar-refractivity contribution >= 4 is 12.2 Å². The first-order valence-corrected chi connectivity index (χ1v) is 10.7. The number of aryl methyl sites for hydroxylation is 1. The van der Waals surface area contributed by atoms with Gasteiger partial charge in [0.05, 0.1) is 6.54 Å². The molecule has 1 amide bonds. The summed E-state index contributed by atoms with van der Waals surface area (Å²) >= 11 is 0. The number of nitrogens with zero attached hydrogens (tertiary/aromatic N) is 5. The van der Waals surface area contributed by atoms with E-state index in [1.165, 1.54) is 24.4 Å². The van der Waals surface area contributed by atoms with E-state index in [2.05, 4.69) is 35.6 Å². The smallest absolute Gasteiger partial charge is 0.350 e. The first-order valence-electron chi connectivity index (χ1n) is 10.7. The number of aromatic nitrogens is 6. The Morgan fingerprint density at radius 1 is 1.16 bits per heavy atom. The minimum absolute atomic E-state index is 0.0170. The van der Waals surface area contributed by atoms with Crippen molar-refractivity contribution in [3.8, 4) is 22.6 Å². The highest BCUT2D eigenvalue weighted by Crippen LogP contribution is 2.38. The molecular weight excluding hydrogens is 498 g/mol. The molecule has 0 saturated heterocycles. The van der Waals surface area contributed by atoms with Gasteiger partial charge in [-0.15, -0.1) is 0 Å². The van der Waals surface area contributed by atoms with Gasteiger partial charge in [-0.3, -0.25) is 14.7 Å². The van der Waals surface area contributed by atoms with Gasteiger partial charge in [-0.25, -0.2) is 19.3 Å². The number of nitrogens with one attached hydrogen (secondary N) is 2. The van der Waals surface area contributed by atoms with Gasteiger partial charge in [0.1, 0.15) is 23.3 Å². The highest BCUT2D eigenvalue weighted by Gasteiger charge is 2.51. The van der Waals surface area contributed by atoms with Crippen molar-refractivity contribution in [3.05, 3.63) is 64.9 Å². The number of rotatable bonds is 7. The van der Waals surface area contributed by atoms with Crippen molar-refractivity contribution < 1.29 is 31.7 Å². The van der Waals surface area contributed by atoms with Gasteiger partial charge in [0.2, 0.25) is 5.76 Å². The highest BCUT2D eigenvalue weighted by molar-refractivity contribution is 5.92. The Morgan fingerprint density at radius 3 is 2.57 bits per heavy atom. The van der Waals surface area contributed by atoms with Crippen LogP contribution in [0.2, 0.25) is 0 Å². The number of carbonyl (C=O) groups is 2. The highest BCUT2D eigenvalue weighted by atomic mass is 19.4. The van der Waals surface area contributed by atoms with Gasteiger partial charge in [0.25, 0.3) is 5.91 Å². The normalized spacial score (nSPS) is 12.0. The van der Waals surface area contributed by atoms with E-state index in [0.717, 1.165) is 19.9 Å². The summed E-state index contributed by atoms with van der Waals surface area (Å²) in [5.74, 6) is -1.85. The summed E-state index contributed by atoms with van der Waals surface area (Å²) in [6.07, 6.45) is -2.64. The summed E-state index contributed by atoms with van der Waals surface area (Å²) in [4.78, 5) is 35.5. The lowest BCUT2D eigenvalue weighted by Crippen LogP contribution is -2.37. The quantitative estimate of drug-likeness (QED) is 0.278. The first kappa shape index (κ1) is 25.6. The molecule has 14 heteroatoms. The minimum Gasteiger partial charge on any atom is -0.350 e. The molecule has 1 aromatic carbocycles. The maximum Gasteiger partial charge on any atom is 0.401 e. The van der Waals surface area contributed by atoms with Gasteiger partial charge in [0, 0.05) is 34.6 Å². The number of alkyl halides is 3. The molecule has 0 spiro atoms. The Morgan fingerprint density at radius 2 is 1.92 bits per heavy atom. The molecule has 4 aromatic rings. The average molecular weight is 517 g/mol. The number of benzene rings is 1. The molecule has 0 aliphatic carbocycles. The second-order valence-electron chi connectivity index (χ2n) is 8.54. The number of amides is 1. The van der Waals surface area contributed by atoms with Gasteiger partial charge in [-0.2, -0.15) is 18.3 Å². The van der Waals surface area contributed by atoms with Gasteiger partial charge < -0.3 is 9.84 Å². The second-order valence-corrected chi connectivity index (χ2v) is 8.54. The van der Waals surface area contributed by atoms with Crippen molar-refractivity contribution in [3.63, 3.8) is 0 Å². The van der Waals surface area contributed by atoms with E-state index in [1.807, 2.05) is 0 Å². The maximum atomic E-state index is 14.4. The van der Waals surface area contributed by atoms with E-state index < -0.39 is 29.1 Å². The zero-order valence-corrected chi connectivity index (χ0v) is 19.6. The molecule has 2 N–H and O–H groups in total. The van der Waals surface area contributed by atoms with Crippen molar-refractivity contribution in [2.45, 2.75) is 38.9 Å². The molecule has 3 aromatic heterocycles. The zero-order valence-electron chi connectivity index (χ0n) is 19.6. The Labute approximate surface area is 206 Å². The van der Waals surface area contributed by atoms with Crippen LogP contribution >= 0.6 is 0 Å². The average Bonchev–Trinajstić information content (AvgIpc) is 3.53. The van der Waals surface area contributed by atoms with Crippen LogP contribution in [0.15, 0.2) is 35.0 Å². The Bertz CT molecular complexity index is 1480. The number of hydrogen-bond donors (Lipinski definition) is 2. The van der Waals surface area contributed by atoms with Crippen LogP contribution in [0.3, 0.4) is 0 Å². The van der Waals surface area contributed by atoms with Crippen molar-refractivity contribution in [1.82, 2.24) is 35.6 Å². The molecule has 37 heavy (non-hydrogen) atoms. The molecule has 0 unspecified atom stereocenters. The largest absolute Gasteiger partial charge is 0.401 e. The van der Waals surface area contributed by atoms with Crippen LogP contribution in [-0.2, 0) is 12.0 Å². The first-order chi connectivity index (χ1) is 17.4. The van der Waals surface area contributed by atoms with Crippen LogP contribution in [0.4, 0.5) is 17.6 Å². The van der Waals surface area contributed by atoms with Crippen molar-refractivity contribution in [2.24, 2.45) is 0 Å². The number of H-pyrrole nitrogens is 1. The third kappa shape index (κ3) is 5.08. The lowest BCUT2D eigenvalue weighted by molar-refractivity contribution is -0.182. The Hall–Kier alpha value is -4.49. The molecule has 0 fully saturated rings. The van der Waals surface area contributed by atoms with Crippen LogP contribution in [0.5, 0.6) is 0 Å². The maximum absolute atomic E-state index is 14.4. The van der Waals surface area contributed by atoms with Gasteiger partial charge in [-0.05, 0) is 26.8 Å². The standard InChI is InChI=1S/C23H19F4N7O3/c1-11-14(13-5-4-12(10-35)6-15(13)24)8-28-19(30-11)16-7-17(37-34-16)20(36)29-9-18-31-21(33-32-18)22(2,3)23(25,26)27/h4-8,10H,9H2,1-3H3,(H,29,36)(H,31,32,33). The lowest BCUT2D eigenvalue weighted by Gasteiger charge is -2.24. The van der Waals surface area contributed by atoms with Crippen molar-refractivity contribution in [1.29, 1.82) is 0 Å². The van der Waals surface area contributed by atoms with E-state index >= 15 is 0 Å². The lowest BCUT2D eigenvalue weighted by atomic mass is 9.92. The van der Waals surface area contributed by atoms with Crippen LogP contribution in [0.1, 0.15) is 52.1 Å². The van der Waals surface area contributed by atoms with E-state index in [1.54, 1.807) is 6.92 Å². The fourth-order valence-electron chi connectivity index (χ4n) is 3.20. The molecule has 192 valence electrons. The van der Waals surface area contributed by atoms with E-state index in [-0.39, 0.29) is 40.8 Å². The molecule has 3 heterocycles. The molecule has 4 rings (SSSR count). The van der Waals surface area contributed by atoms with Gasteiger partial charge >= 0.3 is 6.18 Å². The zero-order chi connectivity index (χ0) is 27.0. The van der Waals surface area contributed by atoms with E-state index in [4.69, 9.17) is 4.52 Å². The molecule has 0 radical (unpaired) electrons. The van der Waals surface area contributed by atoms with E-state index in [0.29, 0.717) is 17.5 Å². The number of carbonyl (C=O) groups excluding carboxylic acids is 2. The van der Waals surface area contributed by atoms with Gasteiger partial charge in [-0.1, -0.05) is 17.3 Å². The van der Waals surface area contributed by atoms with Crippen LogP contribution in [-0.4, -0.2) is 48.7 Å². The molecule has 0 bridgehead atoms. The number of aldehydes is 1. The SMILES string of the molecule is Cc1nc(-c2cc(C(=O)NCc3nc(C(C)(C)C(F)(F)F)n[nH]3)on2)ncc1-c1ccc(C=O)cc1F. The molecule has 0 aliphatic rings. The third-order valence-corrected chi connectivity index (χ3v) is 5.58. The fourth-order valence-corrected chi connectivity index (χ4v) is 3.20. The number of halogens is 4. The molecular formula is C23H19F4N7O3. The second kappa shape index (κ2) is 9.52. The number of hydrogen-bond acceptors (Lipinski definition) is 8. The summed E-state index contributed by atoms with van der Waals surface area (Å²) < 4.78 is 58.9. The fraction of sp³-hybridized carbons (Fsp3) is 0.261. The minimum atomic E-state index is -4.56. The predicted molar refractivity (Wildman–Crippen MR) is 120 cm³/mol. The Balaban J connectivity index is 1.45. The van der Waals surface area contributed by atoms with Crippen LogP contribution in [0.25, 0.3) is 22.6 Å². The third-order valence-electron chi connectivity index (χ3n) is 5.58. The molecule has 0 saturated carbocycles. The van der Waals surface area contributed by atoms with Gasteiger partial charge in [0.15, 0.2) is 17.3 Å². The van der Waals surface area contributed by atoms with Crippen molar-refractivity contribution in [2.75, 3.05) is 0 Å². The van der Waals surface area contributed by atoms with Crippen LogP contribution < -0.4 is 5.32 Å². The van der Waals surface area contributed by atoms with E-state index in [9.17, 15) is 27.2 Å². The summed E-state index contributed by atoms with van der Waals surface area (Å²) in [6, 6.07) is 5.31. The number of aromatic amines is 1. The monoisotopic (exact) mass is 517 g/mol. The molecule has 10 nitrogen and oxygen atoms in total. The Kier molecular flexibility index (Phi) is 6.59. The van der Waals surface area contributed by atoms with Crippen LogP contribution in [0, 0.1) is 12.7 Å². The molecule has 0 atom stereocenters. The summed E-state index contributed by atoms with van der Waals surface area (Å²) in [5, 5.41) is 12.2. The summed E-state index contributed by atoms with van der Waals surface area (Å²) in [6.45, 7) is 3.29. The topological polar surface area (TPSA) is 140 Å². The summed E-state index contributed by atoms with van der Waals surface area (Å²) in [7, 11) is 0. The summed E-state index contributed by atoms with van der Waals surface area (Å²) in [5.41, 5.74) is -0.919.